The van der Waals surface area contributed by atoms with Crippen molar-refractivity contribution in [2.45, 2.75) is 13.1 Å². The Bertz CT molecular complexity index is 254. The summed E-state index contributed by atoms with van der Waals surface area (Å²) in [4.78, 5) is 3.27. The van der Waals surface area contributed by atoms with Crippen molar-refractivity contribution in [3.05, 3.63) is 29.6 Å². The number of hydrogen-bond acceptors (Lipinski definition) is 1. The number of alkyl halides is 3. The van der Waals surface area contributed by atoms with Crippen molar-refractivity contribution >= 4 is 0 Å². The molecule has 4 heteroatoms. The van der Waals surface area contributed by atoms with Gasteiger partial charge in [-0.15, -0.1) is 0 Å². The first kappa shape index (κ1) is 8.04. The van der Waals surface area contributed by atoms with Gasteiger partial charge in [-0.3, -0.25) is 4.98 Å². The molecule has 0 saturated heterocycles. The summed E-state index contributed by atoms with van der Waals surface area (Å²) in [6.07, 6.45) is -1.15. The lowest BCUT2D eigenvalue weighted by atomic mass is 10.1. The first-order chi connectivity index (χ1) is 5.02. The molecule has 1 nitrogen and oxygen atoms in total. The molecule has 0 aliphatic heterocycles. The Balaban J connectivity index is 3.14. The molecule has 0 aromatic carbocycles. The van der Waals surface area contributed by atoms with Crippen LogP contribution in [0.2, 0.25) is 0 Å². The summed E-state index contributed by atoms with van der Waals surface area (Å²) >= 11 is 0. The highest BCUT2D eigenvalue weighted by Gasteiger charge is 2.32. The highest BCUT2D eigenvalue weighted by Crippen LogP contribution is 2.30. The van der Waals surface area contributed by atoms with Gasteiger partial charge in [0.15, 0.2) is 0 Å². The van der Waals surface area contributed by atoms with Crippen LogP contribution in [0.3, 0.4) is 0 Å². The molecule has 1 aromatic rings. The molecule has 0 amide bonds. The third kappa shape index (κ3) is 1.69. The van der Waals surface area contributed by atoms with Gasteiger partial charge in [-0.1, -0.05) is 0 Å². The minimum absolute atomic E-state index is 0.146. The first-order valence-corrected chi connectivity index (χ1v) is 2.92. The highest BCUT2D eigenvalue weighted by molar-refractivity contribution is 5.22. The molecule has 0 spiro atoms. The second-order valence-electron chi connectivity index (χ2n) is 2.11. The minimum atomic E-state index is -4.33. The molecule has 0 bridgehead atoms. The predicted octanol–water partition coefficient (Wildman–Crippen LogP) is 2.21. The fourth-order valence-electron chi connectivity index (χ4n) is 0.709. The van der Waals surface area contributed by atoms with Gasteiger partial charge in [0.1, 0.15) is 6.20 Å². The topological polar surface area (TPSA) is 12.9 Å². The maximum atomic E-state index is 12.0. The number of nitrogens with zero attached hydrogens (tertiary/aromatic N) is 1. The summed E-state index contributed by atoms with van der Waals surface area (Å²) in [5.74, 6) is 0. The molecule has 59 valence electrons. The van der Waals surface area contributed by atoms with Crippen molar-refractivity contribution < 1.29 is 13.2 Å². The molecular formula is C7H5F3N. The molecule has 0 fully saturated rings. The Morgan fingerprint density at radius 3 is 2.45 bits per heavy atom. The van der Waals surface area contributed by atoms with Crippen molar-refractivity contribution in [2.75, 3.05) is 0 Å². The van der Waals surface area contributed by atoms with E-state index in [1.807, 2.05) is 6.20 Å². The number of rotatable bonds is 0. The Morgan fingerprint density at radius 2 is 2.09 bits per heavy atom. The molecular weight excluding hydrogens is 155 g/mol. The second-order valence-corrected chi connectivity index (χ2v) is 2.11. The Morgan fingerprint density at radius 1 is 1.45 bits per heavy atom. The van der Waals surface area contributed by atoms with Crippen molar-refractivity contribution in [3.8, 4) is 0 Å². The minimum Gasteiger partial charge on any atom is -0.254 e. The van der Waals surface area contributed by atoms with Crippen LogP contribution in [0, 0.1) is 13.1 Å². The third-order valence-electron chi connectivity index (χ3n) is 1.25. The standard InChI is InChI=1S/C7H5F3N/c1-5-2-3-11-4-6(5)7(8,9)10/h2-3H,1H3. The lowest BCUT2D eigenvalue weighted by Crippen LogP contribution is -2.07. The van der Waals surface area contributed by atoms with Crippen LogP contribution in [0.1, 0.15) is 11.1 Å². The average molecular weight is 160 g/mol. The maximum absolute atomic E-state index is 12.0. The number of aromatic nitrogens is 1. The molecule has 1 radical (unpaired) electrons. The molecule has 1 heterocycles. The lowest BCUT2D eigenvalue weighted by Gasteiger charge is -2.06. The van der Waals surface area contributed by atoms with Gasteiger partial charge in [-0.05, 0) is 18.6 Å². The second kappa shape index (κ2) is 2.53. The molecule has 0 atom stereocenters. The summed E-state index contributed by atoms with van der Waals surface area (Å²) in [6.45, 7) is 1.38. The van der Waals surface area contributed by atoms with Gasteiger partial charge in [0, 0.05) is 6.20 Å². The monoisotopic (exact) mass is 160 g/mol. The molecule has 0 saturated carbocycles. The van der Waals surface area contributed by atoms with E-state index in [0.717, 1.165) is 0 Å². The van der Waals surface area contributed by atoms with E-state index in [1.165, 1.54) is 19.2 Å². The zero-order chi connectivity index (χ0) is 8.48. The van der Waals surface area contributed by atoms with E-state index in [1.54, 1.807) is 0 Å². The van der Waals surface area contributed by atoms with Gasteiger partial charge in [-0.2, -0.15) is 13.2 Å². The largest absolute Gasteiger partial charge is 0.418 e. The quantitative estimate of drug-likeness (QED) is 0.567. The van der Waals surface area contributed by atoms with Crippen LogP contribution in [0.15, 0.2) is 12.3 Å². The van der Waals surface area contributed by atoms with Crippen molar-refractivity contribution in [3.63, 3.8) is 0 Å². The summed E-state index contributed by atoms with van der Waals surface area (Å²) in [5, 5.41) is 0. The van der Waals surface area contributed by atoms with Crippen LogP contribution < -0.4 is 0 Å². The van der Waals surface area contributed by atoms with Gasteiger partial charge >= 0.3 is 6.18 Å². The van der Waals surface area contributed by atoms with Crippen LogP contribution in [0.5, 0.6) is 0 Å². The Hall–Kier alpha value is -1.06. The molecule has 11 heavy (non-hydrogen) atoms. The summed E-state index contributed by atoms with van der Waals surface area (Å²) in [6, 6.07) is 1.30. The predicted molar refractivity (Wildman–Crippen MR) is 32.8 cm³/mol. The van der Waals surface area contributed by atoms with Crippen LogP contribution in [0.25, 0.3) is 0 Å². The van der Waals surface area contributed by atoms with Crippen LogP contribution >= 0.6 is 0 Å². The molecule has 0 unspecified atom stereocenters. The van der Waals surface area contributed by atoms with Crippen LogP contribution in [0.4, 0.5) is 13.2 Å². The average Bonchev–Trinajstić information content (AvgIpc) is 1.86. The SMILES string of the molecule is Cc1ccn[c]c1C(F)(F)F. The van der Waals surface area contributed by atoms with Gasteiger partial charge in [0.25, 0.3) is 0 Å². The molecule has 0 N–H and O–H groups in total. The number of hydrogen-bond donors (Lipinski definition) is 0. The first-order valence-electron chi connectivity index (χ1n) is 2.92. The van der Waals surface area contributed by atoms with Gasteiger partial charge in [0.05, 0.1) is 5.56 Å². The van der Waals surface area contributed by atoms with Gasteiger partial charge in [0.2, 0.25) is 0 Å². The van der Waals surface area contributed by atoms with Gasteiger partial charge in [-0.25, -0.2) is 0 Å². The van der Waals surface area contributed by atoms with E-state index in [2.05, 4.69) is 4.98 Å². The van der Waals surface area contributed by atoms with E-state index in [0.29, 0.717) is 0 Å². The van der Waals surface area contributed by atoms with Crippen molar-refractivity contribution in [1.29, 1.82) is 0 Å². The Labute approximate surface area is 61.9 Å². The van der Waals surface area contributed by atoms with E-state index < -0.39 is 11.7 Å². The fourth-order valence-corrected chi connectivity index (χ4v) is 0.709. The highest BCUT2D eigenvalue weighted by atomic mass is 19.4. The zero-order valence-electron chi connectivity index (χ0n) is 5.74. The van der Waals surface area contributed by atoms with E-state index in [4.69, 9.17) is 0 Å². The smallest absolute Gasteiger partial charge is 0.254 e. The molecule has 1 aromatic heterocycles. The zero-order valence-corrected chi connectivity index (χ0v) is 5.74. The van der Waals surface area contributed by atoms with Gasteiger partial charge < -0.3 is 0 Å². The number of aryl methyl sites for hydroxylation is 1. The summed E-state index contributed by atoms with van der Waals surface area (Å²) < 4.78 is 35.9. The molecule has 1 rings (SSSR count). The van der Waals surface area contributed by atoms with Crippen LogP contribution in [-0.4, -0.2) is 4.98 Å². The summed E-state index contributed by atoms with van der Waals surface area (Å²) in [7, 11) is 0. The third-order valence-corrected chi connectivity index (χ3v) is 1.25. The van der Waals surface area contributed by atoms with E-state index >= 15 is 0 Å². The molecule has 0 aliphatic carbocycles. The Kier molecular flexibility index (Phi) is 1.85. The lowest BCUT2D eigenvalue weighted by molar-refractivity contribution is -0.138. The summed E-state index contributed by atoms with van der Waals surface area (Å²) in [5.41, 5.74) is -0.646. The fraction of sp³-hybridized carbons (Fsp3) is 0.286. The maximum Gasteiger partial charge on any atom is 0.418 e. The number of halogens is 3. The van der Waals surface area contributed by atoms with E-state index in [9.17, 15) is 13.2 Å². The van der Waals surface area contributed by atoms with E-state index in [-0.39, 0.29) is 5.56 Å². The normalized spacial score (nSPS) is 11.6. The molecule has 0 aliphatic rings. The van der Waals surface area contributed by atoms with Crippen molar-refractivity contribution in [2.24, 2.45) is 0 Å². The number of pyridine rings is 1. The van der Waals surface area contributed by atoms with Crippen molar-refractivity contribution in [1.82, 2.24) is 4.98 Å². The van der Waals surface area contributed by atoms with Crippen LogP contribution in [-0.2, 0) is 6.18 Å².